The Morgan fingerprint density at radius 2 is 1.74 bits per heavy atom. The third-order valence-corrected chi connectivity index (χ3v) is 5.48. The van der Waals surface area contributed by atoms with Gasteiger partial charge in [-0.15, -0.1) is 0 Å². The van der Waals surface area contributed by atoms with E-state index in [0.29, 0.717) is 17.7 Å². The molecule has 0 aliphatic carbocycles. The molecule has 0 aliphatic heterocycles. The van der Waals surface area contributed by atoms with Crippen LogP contribution in [0.3, 0.4) is 0 Å². The minimum Gasteiger partial charge on any atom is -0.489 e. The van der Waals surface area contributed by atoms with Crippen molar-refractivity contribution in [2.45, 2.75) is 46.3 Å². The van der Waals surface area contributed by atoms with Gasteiger partial charge in [-0.3, -0.25) is 9.59 Å². The number of alkyl halides is 3. The van der Waals surface area contributed by atoms with Gasteiger partial charge in [0.05, 0.1) is 11.8 Å². The second-order valence-electron chi connectivity index (χ2n) is 8.29. The zero-order valence-corrected chi connectivity index (χ0v) is 21.8. The summed E-state index contributed by atoms with van der Waals surface area (Å²) in [6, 6.07) is 13.4. The lowest BCUT2D eigenvalue weighted by molar-refractivity contribution is -0.138. The van der Waals surface area contributed by atoms with Crippen molar-refractivity contribution < 1.29 is 37.0 Å². The average molecular weight is 532 g/mol. The van der Waals surface area contributed by atoms with Gasteiger partial charge in [-0.1, -0.05) is 31.6 Å². The number of hydrogen-bond donors (Lipinski definition) is 1. The molecule has 1 heterocycles. The van der Waals surface area contributed by atoms with E-state index in [9.17, 15) is 22.8 Å². The van der Waals surface area contributed by atoms with E-state index in [2.05, 4.69) is 0 Å². The number of carbonyl (C=O) groups is 2. The van der Waals surface area contributed by atoms with Crippen LogP contribution < -0.4 is 4.74 Å². The van der Waals surface area contributed by atoms with E-state index in [4.69, 9.17) is 14.3 Å². The number of rotatable bonds is 10. The fourth-order valence-corrected chi connectivity index (χ4v) is 3.47. The van der Waals surface area contributed by atoms with E-state index < -0.39 is 17.7 Å². The fraction of sp³-hybridized carbons (Fsp3) is 0.310. The number of amides is 1. The molecule has 2 aromatic carbocycles. The van der Waals surface area contributed by atoms with Crippen molar-refractivity contribution in [1.82, 2.24) is 4.90 Å². The highest BCUT2D eigenvalue weighted by molar-refractivity contribution is 5.94. The van der Waals surface area contributed by atoms with Crippen molar-refractivity contribution in [3.63, 3.8) is 0 Å². The molecule has 1 N–H and O–H groups in total. The minimum absolute atomic E-state index is 0.0245. The smallest absolute Gasteiger partial charge is 0.416 e. The Labute approximate surface area is 220 Å². The molecule has 0 saturated heterocycles. The zero-order chi connectivity index (χ0) is 28.3. The first kappa shape index (κ1) is 30.2. The molecule has 0 saturated carbocycles. The summed E-state index contributed by atoms with van der Waals surface area (Å²) >= 11 is 0. The minimum atomic E-state index is -4.55. The number of nitrogens with zero attached hydrogens (tertiary/aromatic N) is 1. The van der Waals surface area contributed by atoms with E-state index >= 15 is 0 Å². The van der Waals surface area contributed by atoms with Crippen LogP contribution in [0.1, 0.15) is 55.1 Å². The van der Waals surface area contributed by atoms with Crippen LogP contribution in [0.2, 0.25) is 0 Å². The summed E-state index contributed by atoms with van der Waals surface area (Å²) in [6.07, 6.45) is -1.01. The van der Waals surface area contributed by atoms with Gasteiger partial charge in [0.25, 0.3) is 5.91 Å². The molecule has 3 aromatic rings. The van der Waals surface area contributed by atoms with Crippen LogP contribution in [0.5, 0.6) is 5.75 Å². The Morgan fingerprint density at radius 1 is 1.05 bits per heavy atom. The second kappa shape index (κ2) is 14.1. The van der Waals surface area contributed by atoms with Gasteiger partial charge < -0.3 is 19.2 Å². The number of halogens is 3. The molecule has 0 radical (unpaired) electrons. The summed E-state index contributed by atoms with van der Waals surface area (Å²) in [5.41, 5.74) is 1.31. The average Bonchev–Trinajstić information content (AvgIpc) is 3.43. The zero-order valence-electron chi connectivity index (χ0n) is 21.8. The molecule has 204 valence electrons. The number of furan rings is 1. The van der Waals surface area contributed by atoms with Crippen LogP contribution in [0, 0.1) is 0 Å². The third-order valence-electron chi connectivity index (χ3n) is 5.48. The van der Waals surface area contributed by atoms with E-state index in [1.165, 1.54) is 18.0 Å². The van der Waals surface area contributed by atoms with E-state index in [-0.39, 0.29) is 36.8 Å². The highest BCUT2D eigenvalue weighted by atomic mass is 19.4. The Kier molecular flexibility index (Phi) is 11.2. The van der Waals surface area contributed by atoms with Gasteiger partial charge in [-0.05, 0) is 61.9 Å². The molecule has 0 spiro atoms. The normalized spacial score (nSPS) is 11.4. The van der Waals surface area contributed by atoms with Gasteiger partial charge in [-0.2, -0.15) is 13.2 Å². The largest absolute Gasteiger partial charge is 0.489 e. The number of allylic oxidation sites excluding steroid dienone is 1. The van der Waals surface area contributed by atoms with Crippen LogP contribution in [0.4, 0.5) is 13.2 Å². The van der Waals surface area contributed by atoms with E-state index in [0.717, 1.165) is 23.3 Å². The van der Waals surface area contributed by atoms with Gasteiger partial charge in [-0.25, -0.2) is 0 Å². The summed E-state index contributed by atoms with van der Waals surface area (Å²) in [4.78, 5) is 25.0. The number of carbonyl (C=O) groups excluding carboxylic acids is 1. The maximum Gasteiger partial charge on any atom is 0.416 e. The highest BCUT2D eigenvalue weighted by Crippen LogP contribution is 2.33. The summed E-state index contributed by atoms with van der Waals surface area (Å²) < 4.78 is 51.0. The quantitative estimate of drug-likeness (QED) is 0.275. The Balaban J connectivity index is 0.00000247. The summed E-state index contributed by atoms with van der Waals surface area (Å²) in [5.74, 6) is -0.427. The number of carboxylic acids is 1. The van der Waals surface area contributed by atoms with Crippen molar-refractivity contribution in [1.29, 1.82) is 0 Å². The molecule has 3 rings (SSSR count). The Hall–Kier alpha value is -4.01. The van der Waals surface area contributed by atoms with Crippen LogP contribution in [0.15, 0.2) is 76.9 Å². The van der Waals surface area contributed by atoms with Crippen molar-refractivity contribution >= 4 is 11.9 Å². The maximum absolute atomic E-state index is 13.3. The maximum atomic E-state index is 13.3. The summed E-state index contributed by atoms with van der Waals surface area (Å²) in [7, 11) is 1.50. The molecule has 0 atom stereocenters. The summed E-state index contributed by atoms with van der Waals surface area (Å²) in [6.45, 7) is 5.69. The number of benzene rings is 2. The van der Waals surface area contributed by atoms with Crippen LogP contribution in [-0.4, -0.2) is 35.5 Å². The SMILES string of the molecule is C/C(=C\COc1ccc(C(F)(F)F)cc1CN(C)C(=O)c1ccc(-c2ccco2)cc1)CCC(=O)O.CC. The molecule has 1 amide bonds. The molecule has 38 heavy (non-hydrogen) atoms. The lowest BCUT2D eigenvalue weighted by atomic mass is 10.1. The number of aliphatic carboxylic acids is 1. The fourth-order valence-electron chi connectivity index (χ4n) is 3.47. The standard InChI is InChI=1S/C27H26F3NO5.C2H6/c1-18(5-12-25(32)33)13-15-36-24-11-10-22(27(28,29)30)16-21(24)17-31(2)26(34)20-8-6-19(7-9-20)23-4-3-14-35-23;1-2/h3-4,6-11,13-14,16H,5,12,15,17H2,1-2H3,(H,32,33);1-2H3/b18-13+;. The molecular formula is C29H32F3NO5. The van der Waals surface area contributed by atoms with Crippen molar-refractivity contribution in [3.05, 3.63) is 89.2 Å². The predicted octanol–water partition coefficient (Wildman–Crippen LogP) is 7.45. The molecule has 6 nitrogen and oxygen atoms in total. The first-order valence-electron chi connectivity index (χ1n) is 12.1. The van der Waals surface area contributed by atoms with Crippen molar-refractivity contribution in [2.75, 3.05) is 13.7 Å². The first-order chi connectivity index (χ1) is 18.0. The van der Waals surface area contributed by atoms with Gasteiger partial charge in [0.2, 0.25) is 0 Å². The number of hydrogen-bond acceptors (Lipinski definition) is 4. The Morgan fingerprint density at radius 3 is 2.32 bits per heavy atom. The monoisotopic (exact) mass is 531 g/mol. The number of ether oxygens (including phenoxy) is 1. The van der Waals surface area contributed by atoms with Crippen molar-refractivity contribution in [2.24, 2.45) is 0 Å². The lowest BCUT2D eigenvalue weighted by Gasteiger charge is -2.21. The molecular weight excluding hydrogens is 499 g/mol. The molecule has 0 fully saturated rings. The van der Waals surface area contributed by atoms with Gasteiger partial charge in [0.15, 0.2) is 0 Å². The number of carboxylic acid groups (broad SMARTS) is 1. The third kappa shape index (κ3) is 8.83. The topological polar surface area (TPSA) is 80.0 Å². The lowest BCUT2D eigenvalue weighted by Crippen LogP contribution is -2.26. The second-order valence-corrected chi connectivity index (χ2v) is 8.29. The predicted molar refractivity (Wildman–Crippen MR) is 139 cm³/mol. The molecule has 9 heteroatoms. The molecule has 0 bridgehead atoms. The summed E-state index contributed by atoms with van der Waals surface area (Å²) in [5, 5.41) is 8.77. The van der Waals surface area contributed by atoms with E-state index in [1.807, 2.05) is 13.8 Å². The van der Waals surface area contributed by atoms with Crippen molar-refractivity contribution in [3.8, 4) is 17.1 Å². The van der Waals surface area contributed by atoms with Crippen LogP contribution >= 0.6 is 0 Å². The molecule has 1 aromatic heterocycles. The Bertz CT molecular complexity index is 1220. The van der Waals surface area contributed by atoms with Gasteiger partial charge in [0.1, 0.15) is 18.1 Å². The van der Waals surface area contributed by atoms with Gasteiger partial charge in [0, 0.05) is 36.7 Å². The van der Waals surface area contributed by atoms with Gasteiger partial charge >= 0.3 is 12.1 Å². The van der Waals surface area contributed by atoms with E-state index in [1.54, 1.807) is 55.7 Å². The van der Waals surface area contributed by atoms with Crippen LogP contribution in [0.25, 0.3) is 11.3 Å². The molecule has 0 unspecified atom stereocenters. The highest BCUT2D eigenvalue weighted by Gasteiger charge is 2.31. The van der Waals surface area contributed by atoms with Crippen LogP contribution in [-0.2, 0) is 17.5 Å². The first-order valence-corrected chi connectivity index (χ1v) is 12.1. The molecule has 0 aliphatic rings.